The molecule has 0 radical (unpaired) electrons. The van der Waals surface area contributed by atoms with Crippen LogP contribution in [0.15, 0.2) is 12.1 Å². The summed E-state index contributed by atoms with van der Waals surface area (Å²) in [6.07, 6.45) is 1.10. The smallest absolute Gasteiger partial charge is 0.274 e. The second-order valence-corrected chi connectivity index (χ2v) is 5.89. The van der Waals surface area contributed by atoms with Crippen LogP contribution in [0, 0.1) is 0 Å². The van der Waals surface area contributed by atoms with Crippen LogP contribution < -0.4 is 5.32 Å². The van der Waals surface area contributed by atoms with E-state index in [1.165, 1.54) is 0 Å². The van der Waals surface area contributed by atoms with E-state index in [1.807, 2.05) is 23.6 Å². The maximum absolute atomic E-state index is 12.3. The van der Waals surface area contributed by atoms with Gasteiger partial charge in [-0.15, -0.1) is 10.2 Å². The first-order chi connectivity index (χ1) is 9.24. The highest BCUT2D eigenvalue weighted by Gasteiger charge is 2.24. The third kappa shape index (κ3) is 3.59. The molecule has 1 aliphatic rings. The number of carbonyl (C=O) groups is 1. The number of hydrogen-bond donors (Lipinski definition) is 1. The van der Waals surface area contributed by atoms with Crippen molar-refractivity contribution in [3.8, 4) is 0 Å². The van der Waals surface area contributed by atoms with Gasteiger partial charge in [0.2, 0.25) is 0 Å². The fraction of sp³-hybridized carbons (Fsp3) is 0.615. The monoisotopic (exact) mass is 280 g/mol. The quantitative estimate of drug-likeness (QED) is 0.912. The first-order valence-electron chi connectivity index (χ1n) is 6.73. The molecule has 1 unspecified atom stereocenters. The van der Waals surface area contributed by atoms with Gasteiger partial charge in [0, 0.05) is 30.6 Å². The third-order valence-electron chi connectivity index (χ3n) is 3.12. The van der Waals surface area contributed by atoms with Crippen LogP contribution >= 0.6 is 11.8 Å². The molecule has 1 aliphatic heterocycles. The molecule has 1 amide bonds. The predicted octanol–water partition coefficient (Wildman–Crippen LogP) is 1.88. The summed E-state index contributed by atoms with van der Waals surface area (Å²) < 4.78 is 0. The Morgan fingerprint density at radius 2 is 2.32 bits per heavy atom. The summed E-state index contributed by atoms with van der Waals surface area (Å²) in [6, 6.07) is 3.55. The highest BCUT2D eigenvalue weighted by molar-refractivity contribution is 8.00. The van der Waals surface area contributed by atoms with Crippen molar-refractivity contribution >= 4 is 23.5 Å². The fourth-order valence-corrected chi connectivity index (χ4v) is 3.21. The molecule has 1 fully saturated rings. The molecule has 1 aromatic heterocycles. The van der Waals surface area contributed by atoms with E-state index < -0.39 is 0 Å². The van der Waals surface area contributed by atoms with E-state index in [4.69, 9.17) is 0 Å². The van der Waals surface area contributed by atoms with E-state index in [0.717, 1.165) is 31.8 Å². The number of rotatable bonds is 4. The Balaban J connectivity index is 2.02. The molecule has 0 aromatic carbocycles. The summed E-state index contributed by atoms with van der Waals surface area (Å²) in [6.45, 7) is 6.57. The highest BCUT2D eigenvalue weighted by atomic mass is 32.2. The molecule has 0 spiro atoms. The molecule has 0 bridgehead atoms. The number of anilines is 1. The summed E-state index contributed by atoms with van der Waals surface area (Å²) in [4.78, 5) is 14.2. The molecule has 0 saturated carbocycles. The van der Waals surface area contributed by atoms with Crippen LogP contribution in [0.25, 0.3) is 0 Å². The van der Waals surface area contributed by atoms with Crippen molar-refractivity contribution < 1.29 is 4.79 Å². The second-order valence-electron chi connectivity index (χ2n) is 4.49. The van der Waals surface area contributed by atoms with E-state index in [-0.39, 0.29) is 5.91 Å². The van der Waals surface area contributed by atoms with Gasteiger partial charge >= 0.3 is 0 Å². The Labute approximate surface area is 118 Å². The molecule has 2 heterocycles. The van der Waals surface area contributed by atoms with Gasteiger partial charge < -0.3 is 10.2 Å². The van der Waals surface area contributed by atoms with E-state index in [0.29, 0.717) is 16.8 Å². The zero-order valence-corrected chi connectivity index (χ0v) is 12.2. The van der Waals surface area contributed by atoms with Gasteiger partial charge in [0.15, 0.2) is 5.69 Å². The number of amides is 1. The van der Waals surface area contributed by atoms with Crippen molar-refractivity contribution in [2.24, 2.45) is 0 Å². The molecule has 1 aromatic rings. The summed E-state index contributed by atoms with van der Waals surface area (Å²) >= 11 is 1.95. The molecule has 1 N–H and O–H groups in total. The molecule has 2 rings (SSSR count). The lowest BCUT2D eigenvalue weighted by Crippen LogP contribution is -2.42. The van der Waals surface area contributed by atoms with Crippen molar-refractivity contribution in [3.63, 3.8) is 0 Å². The van der Waals surface area contributed by atoms with Gasteiger partial charge in [0.25, 0.3) is 5.91 Å². The fourth-order valence-electron chi connectivity index (χ4n) is 2.03. The van der Waals surface area contributed by atoms with Crippen LogP contribution in [0.5, 0.6) is 0 Å². The van der Waals surface area contributed by atoms with Gasteiger partial charge in [-0.1, -0.05) is 6.92 Å². The molecule has 1 saturated heterocycles. The van der Waals surface area contributed by atoms with Crippen molar-refractivity contribution in [2.45, 2.75) is 25.5 Å². The van der Waals surface area contributed by atoms with Crippen LogP contribution in [-0.4, -0.2) is 51.6 Å². The summed E-state index contributed by atoms with van der Waals surface area (Å²) in [5, 5.41) is 11.6. The van der Waals surface area contributed by atoms with Gasteiger partial charge in [-0.3, -0.25) is 4.79 Å². The van der Waals surface area contributed by atoms with E-state index in [2.05, 4.69) is 22.4 Å². The third-order valence-corrected chi connectivity index (χ3v) is 4.49. The van der Waals surface area contributed by atoms with Crippen molar-refractivity contribution in [2.75, 3.05) is 30.7 Å². The van der Waals surface area contributed by atoms with Gasteiger partial charge in [-0.2, -0.15) is 11.8 Å². The minimum absolute atomic E-state index is 0.00528. The molecule has 0 aliphatic carbocycles. The van der Waals surface area contributed by atoms with E-state index >= 15 is 0 Å². The Kier molecular flexibility index (Phi) is 5.01. The number of nitrogens with zero attached hydrogens (tertiary/aromatic N) is 3. The average Bonchev–Trinajstić information content (AvgIpc) is 2.48. The Hall–Kier alpha value is -1.30. The van der Waals surface area contributed by atoms with Crippen molar-refractivity contribution in [1.82, 2.24) is 15.1 Å². The lowest BCUT2D eigenvalue weighted by Gasteiger charge is -2.31. The molecule has 6 heteroatoms. The topological polar surface area (TPSA) is 58.1 Å². The number of hydrogen-bond acceptors (Lipinski definition) is 5. The Bertz CT molecular complexity index is 423. The molecular formula is C13H20N4OS. The van der Waals surface area contributed by atoms with Crippen LogP contribution in [-0.2, 0) is 0 Å². The lowest BCUT2D eigenvalue weighted by atomic mass is 10.2. The van der Waals surface area contributed by atoms with Crippen LogP contribution in [0.3, 0.4) is 0 Å². The normalized spacial score (nSPS) is 19.3. The number of aromatic nitrogens is 2. The average molecular weight is 280 g/mol. The predicted molar refractivity (Wildman–Crippen MR) is 78.6 cm³/mol. The Morgan fingerprint density at radius 1 is 1.47 bits per heavy atom. The van der Waals surface area contributed by atoms with E-state index in [9.17, 15) is 4.79 Å². The van der Waals surface area contributed by atoms with Crippen LogP contribution in [0.4, 0.5) is 5.82 Å². The summed E-state index contributed by atoms with van der Waals surface area (Å²) in [5.74, 6) is 1.71. The van der Waals surface area contributed by atoms with Crippen LogP contribution in [0.2, 0.25) is 0 Å². The van der Waals surface area contributed by atoms with Crippen molar-refractivity contribution in [1.29, 1.82) is 0 Å². The first-order valence-corrected chi connectivity index (χ1v) is 7.78. The molecule has 1 atom stereocenters. The van der Waals surface area contributed by atoms with Gasteiger partial charge in [-0.25, -0.2) is 0 Å². The number of carbonyl (C=O) groups excluding carboxylic acids is 1. The molecule has 5 nitrogen and oxygen atoms in total. The lowest BCUT2D eigenvalue weighted by molar-refractivity contribution is 0.0754. The number of thioether (sulfide) groups is 1. The number of nitrogens with one attached hydrogen (secondary N) is 1. The summed E-state index contributed by atoms with van der Waals surface area (Å²) in [7, 11) is 0. The minimum atomic E-state index is -0.00528. The van der Waals surface area contributed by atoms with Gasteiger partial charge in [-0.05, 0) is 25.5 Å². The van der Waals surface area contributed by atoms with Gasteiger partial charge in [0.05, 0.1) is 0 Å². The minimum Gasteiger partial charge on any atom is -0.369 e. The second kappa shape index (κ2) is 6.75. The van der Waals surface area contributed by atoms with Crippen LogP contribution in [0.1, 0.15) is 30.8 Å². The Morgan fingerprint density at radius 3 is 2.95 bits per heavy atom. The maximum Gasteiger partial charge on any atom is 0.274 e. The SMILES string of the molecule is CCNc1ccc(C(=O)N2CCSC(CC)C2)nn1. The molecular weight excluding hydrogens is 260 g/mol. The zero-order chi connectivity index (χ0) is 13.7. The maximum atomic E-state index is 12.3. The standard InChI is InChI=1S/C13H20N4OS/c1-3-10-9-17(7-8-19-10)13(18)11-5-6-12(14-4-2)16-15-11/h5-6,10H,3-4,7-9H2,1-2H3,(H,14,16). The first kappa shape index (κ1) is 14.1. The molecule has 104 valence electrons. The molecule has 19 heavy (non-hydrogen) atoms. The highest BCUT2D eigenvalue weighted by Crippen LogP contribution is 2.22. The van der Waals surface area contributed by atoms with E-state index in [1.54, 1.807) is 12.1 Å². The summed E-state index contributed by atoms with van der Waals surface area (Å²) in [5.41, 5.74) is 0.434. The van der Waals surface area contributed by atoms with Crippen molar-refractivity contribution in [3.05, 3.63) is 17.8 Å². The zero-order valence-electron chi connectivity index (χ0n) is 11.4. The van der Waals surface area contributed by atoms with Gasteiger partial charge in [0.1, 0.15) is 5.82 Å². The largest absolute Gasteiger partial charge is 0.369 e.